The monoisotopic (exact) mass is 225 g/mol. The molecular formula is C14H27NO. The fourth-order valence-electron chi connectivity index (χ4n) is 3.17. The average molecular weight is 225 g/mol. The molecule has 0 saturated heterocycles. The quantitative estimate of drug-likeness (QED) is 0.794. The van der Waals surface area contributed by atoms with E-state index < -0.39 is 0 Å². The molecule has 0 aromatic carbocycles. The minimum absolute atomic E-state index is 0.108. The molecule has 94 valence electrons. The van der Waals surface area contributed by atoms with Gasteiger partial charge in [0.05, 0.1) is 6.10 Å². The second-order valence-electron chi connectivity index (χ2n) is 6.75. The summed E-state index contributed by atoms with van der Waals surface area (Å²) in [7, 11) is 2.21. The van der Waals surface area contributed by atoms with Crippen LogP contribution in [0.5, 0.6) is 0 Å². The summed E-state index contributed by atoms with van der Waals surface area (Å²) in [6, 6.07) is 0. The van der Waals surface area contributed by atoms with Crippen LogP contribution in [-0.2, 0) is 0 Å². The molecule has 2 atom stereocenters. The topological polar surface area (TPSA) is 23.5 Å². The van der Waals surface area contributed by atoms with E-state index in [2.05, 4.69) is 25.8 Å². The Morgan fingerprint density at radius 2 is 1.88 bits per heavy atom. The van der Waals surface area contributed by atoms with Crippen LogP contribution in [0.4, 0.5) is 0 Å². The molecule has 2 unspecified atom stereocenters. The molecule has 0 amide bonds. The van der Waals surface area contributed by atoms with Crippen molar-refractivity contribution in [2.75, 3.05) is 20.1 Å². The number of hydrogen-bond acceptors (Lipinski definition) is 2. The van der Waals surface area contributed by atoms with Crippen LogP contribution in [0.1, 0.15) is 46.0 Å². The molecule has 2 rings (SSSR count). The fraction of sp³-hybridized carbons (Fsp3) is 1.00. The summed E-state index contributed by atoms with van der Waals surface area (Å²) in [5, 5.41) is 10.4. The summed E-state index contributed by atoms with van der Waals surface area (Å²) in [5.41, 5.74) is 0.128. The molecule has 2 fully saturated rings. The summed E-state index contributed by atoms with van der Waals surface area (Å²) < 4.78 is 0. The van der Waals surface area contributed by atoms with E-state index in [1.165, 1.54) is 38.6 Å². The average Bonchev–Trinajstić information content (AvgIpc) is 2.96. The van der Waals surface area contributed by atoms with Gasteiger partial charge in [-0.15, -0.1) is 0 Å². The maximum Gasteiger partial charge on any atom is 0.0631 e. The minimum atomic E-state index is -0.108. The highest BCUT2D eigenvalue weighted by Crippen LogP contribution is 2.39. The lowest BCUT2D eigenvalue weighted by Crippen LogP contribution is -2.44. The molecule has 1 N–H and O–H groups in total. The molecule has 0 heterocycles. The van der Waals surface area contributed by atoms with Crippen molar-refractivity contribution in [1.82, 2.24) is 4.90 Å². The summed E-state index contributed by atoms with van der Waals surface area (Å²) in [5.74, 6) is 1.45. The van der Waals surface area contributed by atoms with Crippen LogP contribution >= 0.6 is 0 Å². The van der Waals surface area contributed by atoms with E-state index in [0.29, 0.717) is 5.92 Å². The molecule has 16 heavy (non-hydrogen) atoms. The number of nitrogens with zero attached hydrogens (tertiary/aromatic N) is 1. The highest BCUT2D eigenvalue weighted by Gasteiger charge is 2.38. The highest BCUT2D eigenvalue weighted by atomic mass is 16.3. The number of aliphatic hydroxyl groups excluding tert-OH is 1. The van der Waals surface area contributed by atoms with Gasteiger partial charge in [-0.3, -0.25) is 0 Å². The van der Waals surface area contributed by atoms with Gasteiger partial charge < -0.3 is 10.0 Å². The van der Waals surface area contributed by atoms with Gasteiger partial charge in [0.15, 0.2) is 0 Å². The van der Waals surface area contributed by atoms with E-state index >= 15 is 0 Å². The molecule has 0 aromatic rings. The summed E-state index contributed by atoms with van der Waals surface area (Å²) in [6.45, 7) is 6.75. The smallest absolute Gasteiger partial charge is 0.0631 e. The molecular weight excluding hydrogens is 198 g/mol. The third-order valence-corrected chi connectivity index (χ3v) is 4.46. The van der Waals surface area contributed by atoms with Gasteiger partial charge in [-0.25, -0.2) is 0 Å². The van der Waals surface area contributed by atoms with Gasteiger partial charge in [-0.2, -0.15) is 0 Å². The zero-order valence-corrected chi connectivity index (χ0v) is 11.1. The number of hydrogen-bond donors (Lipinski definition) is 1. The van der Waals surface area contributed by atoms with Gasteiger partial charge in [-0.05, 0) is 50.0 Å². The van der Waals surface area contributed by atoms with Gasteiger partial charge in [0.25, 0.3) is 0 Å². The Kier molecular flexibility index (Phi) is 3.60. The van der Waals surface area contributed by atoms with E-state index in [4.69, 9.17) is 0 Å². The molecule has 0 bridgehead atoms. The maximum absolute atomic E-state index is 10.4. The third kappa shape index (κ3) is 2.98. The van der Waals surface area contributed by atoms with Crippen LogP contribution in [-0.4, -0.2) is 36.2 Å². The van der Waals surface area contributed by atoms with Gasteiger partial charge in [0, 0.05) is 13.1 Å². The van der Waals surface area contributed by atoms with Crippen LogP contribution in [0, 0.1) is 17.3 Å². The van der Waals surface area contributed by atoms with Crippen molar-refractivity contribution < 1.29 is 5.11 Å². The predicted octanol–water partition coefficient (Wildman–Crippen LogP) is 2.52. The van der Waals surface area contributed by atoms with Crippen molar-refractivity contribution in [3.63, 3.8) is 0 Å². The summed E-state index contributed by atoms with van der Waals surface area (Å²) >= 11 is 0. The molecule has 2 aliphatic rings. The SMILES string of the molecule is CN(CC1CC1)CC1CCCC(C)(C)C1O. The summed E-state index contributed by atoms with van der Waals surface area (Å²) in [4.78, 5) is 2.44. The van der Waals surface area contributed by atoms with E-state index in [0.717, 1.165) is 12.5 Å². The van der Waals surface area contributed by atoms with Crippen molar-refractivity contribution in [2.24, 2.45) is 17.3 Å². The minimum Gasteiger partial charge on any atom is -0.392 e. The van der Waals surface area contributed by atoms with Crippen molar-refractivity contribution >= 4 is 0 Å². The van der Waals surface area contributed by atoms with E-state index in [-0.39, 0.29) is 11.5 Å². The highest BCUT2D eigenvalue weighted by molar-refractivity contribution is 4.89. The molecule has 0 aromatic heterocycles. The lowest BCUT2D eigenvalue weighted by Gasteiger charge is -2.42. The Labute approximate surface area is 100 Å². The van der Waals surface area contributed by atoms with Crippen LogP contribution in [0.3, 0.4) is 0 Å². The first-order valence-corrected chi connectivity index (χ1v) is 6.85. The van der Waals surface area contributed by atoms with Gasteiger partial charge >= 0.3 is 0 Å². The number of rotatable bonds is 4. The molecule has 0 radical (unpaired) electrons. The Balaban J connectivity index is 1.82. The van der Waals surface area contributed by atoms with E-state index in [9.17, 15) is 5.11 Å². The van der Waals surface area contributed by atoms with Crippen LogP contribution in [0.2, 0.25) is 0 Å². The van der Waals surface area contributed by atoms with Crippen LogP contribution in [0.25, 0.3) is 0 Å². The first-order chi connectivity index (χ1) is 7.49. The second-order valence-corrected chi connectivity index (χ2v) is 6.75. The largest absolute Gasteiger partial charge is 0.392 e. The van der Waals surface area contributed by atoms with Crippen molar-refractivity contribution in [3.05, 3.63) is 0 Å². The first-order valence-electron chi connectivity index (χ1n) is 6.85. The van der Waals surface area contributed by atoms with E-state index in [1.54, 1.807) is 0 Å². The van der Waals surface area contributed by atoms with E-state index in [1.807, 2.05) is 0 Å². The van der Waals surface area contributed by atoms with Gasteiger partial charge in [0.1, 0.15) is 0 Å². The molecule has 2 heteroatoms. The zero-order valence-electron chi connectivity index (χ0n) is 11.1. The second kappa shape index (κ2) is 4.66. The standard InChI is InChI=1S/C14H27NO/c1-14(2)8-4-5-12(13(14)16)10-15(3)9-11-6-7-11/h11-13,16H,4-10H2,1-3H3. The van der Waals surface area contributed by atoms with Crippen LogP contribution < -0.4 is 0 Å². The molecule has 2 aliphatic carbocycles. The lowest BCUT2D eigenvalue weighted by molar-refractivity contribution is -0.0411. The molecule has 2 saturated carbocycles. The van der Waals surface area contributed by atoms with Crippen LogP contribution in [0.15, 0.2) is 0 Å². The van der Waals surface area contributed by atoms with Crippen molar-refractivity contribution in [3.8, 4) is 0 Å². The number of aliphatic hydroxyl groups is 1. The fourth-order valence-corrected chi connectivity index (χ4v) is 3.17. The molecule has 0 spiro atoms. The molecule has 2 nitrogen and oxygen atoms in total. The lowest BCUT2D eigenvalue weighted by atomic mass is 9.69. The Morgan fingerprint density at radius 3 is 2.50 bits per heavy atom. The Bertz CT molecular complexity index is 235. The third-order valence-electron chi connectivity index (χ3n) is 4.46. The normalized spacial score (nSPS) is 34.3. The zero-order chi connectivity index (χ0) is 11.8. The maximum atomic E-state index is 10.4. The predicted molar refractivity (Wildman–Crippen MR) is 67.3 cm³/mol. The Morgan fingerprint density at radius 1 is 1.19 bits per heavy atom. The van der Waals surface area contributed by atoms with Gasteiger partial charge in [0.2, 0.25) is 0 Å². The Hall–Kier alpha value is -0.0800. The summed E-state index contributed by atoms with van der Waals surface area (Å²) in [6.07, 6.45) is 6.40. The first kappa shape index (κ1) is 12.4. The van der Waals surface area contributed by atoms with Crippen molar-refractivity contribution in [2.45, 2.75) is 52.1 Å². The molecule has 0 aliphatic heterocycles. The van der Waals surface area contributed by atoms with Crippen molar-refractivity contribution in [1.29, 1.82) is 0 Å². The van der Waals surface area contributed by atoms with Gasteiger partial charge in [-0.1, -0.05) is 20.3 Å².